The molecule has 2 nitrogen and oxygen atoms in total. The van der Waals surface area contributed by atoms with Crippen molar-refractivity contribution in [3.8, 4) is 0 Å². The summed E-state index contributed by atoms with van der Waals surface area (Å²) in [4.78, 5) is 2.26. The molecule has 1 unspecified atom stereocenters. The fraction of sp³-hybridized carbons (Fsp3) is 0.571. The standard InChI is InChI=1S/C14H21ClN2/c1-10(16)7-12-5-6-14(13(15)8-12)17(2)9-11-3-4-11/h5-6,8,10-11H,3-4,7,9,16H2,1-2H3. The molecule has 1 fully saturated rings. The third-order valence-electron chi connectivity index (χ3n) is 3.21. The summed E-state index contributed by atoms with van der Waals surface area (Å²) in [6.45, 7) is 3.13. The van der Waals surface area contributed by atoms with Gasteiger partial charge in [-0.05, 0) is 49.8 Å². The van der Waals surface area contributed by atoms with Crippen molar-refractivity contribution >= 4 is 17.3 Å². The van der Waals surface area contributed by atoms with Crippen LogP contribution in [0.25, 0.3) is 0 Å². The maximum Gasteiger partial charge on any atom is 0.0642 e. The van der Waals surface area contributed by atoms with Crippen molar-refractivity contribution in [2.75, 3.05) is 18.5 Å². The Kier molecular flexibility index (Phi) is 3.95. The summed E-state index contributed by atoms with van der Waals surface area (Å²) in [6, 6.07) is 6.47. The highest BCUT2D eigenvalue weighted by Crippen LogP contribution is 2.33. The maximum absolute atomic E-state index is 6.33. The molecule has 2 rings (SSSR count). The monoisotopic (exact) mass is 252 g/mol. The number of hydrogen-bond acceptors (Lipinski definition) is 2. The number of halogens is 1. The van der Waals surface area contributed by atoms with Crippen LogP contribution in [0.3, 0.4) is 0 Å². The largest absolute Gasteiger partial charge is 0.373 e. The van der Waals surface area contributed by atoms with Gasteiger partial charge in [0.25, 0.3) is 0 Å². The molecule has 1 aliphatic carbocycles. The number of hydrogen-bond donors (Lipinski definition) is 1. The molecule has 1 saturated carbocycles. The second-order valence-corrected chi connectivity index (χ2v) is 5.70. The first-order valence-corrected chi connectivity index (χ1v) is 6.69. The van der Waals surface area contributed by atoms with Gasteiger partial charge in [-0.1, -0.05) is 17.7 Å². The highest BCUT2D eigenvalue weighted by atomic mass is 35.5. The quantitative estimate of drug-likeness (QED) is 0.873. The van der Waals surface area contributed by atoms with E-state index in [4.69, 9.17) is 17.3 Å². The van der Waals surface area contributed by atoms with Crippen LogP contribution in [0.1, 0.15) is 25.3 Å². The average Bonchev–Trinajstić information content (AvgIpc) is 3.00. The highest BCUT2D eigenvalue weighted by Gasteiger charge is 2.23. The maximum atomic E-state index is 6.33. The highest BCUT2D eigenvalue weighted by molar-refractivity contribution is 6.33. The van der Waals surface area contributed by atoms with Gasteiger partial charge in [0.15, 0.2) is 0 Å². The lowest BCUT2D eigenvalue weighted by Gasteiger charge is -2.21. The molecule has 0 spiro atoms. The molecule has 3 heteroatoms. The van der Waals surface area contributed by atoms with Gasteiger partial charge in [-0.25, -0.2) is 0 Å². The predicted molar refractivity (Wildman–Crippen MR) is 74.8 cm³/mol. The lowest BCUT2D eigenvalue weighted by molar-refractivity contribution is 0.737. The van der Waals surface area contributed by atoms with E-state index in [1.807, 2.05) is 13.0 Å². The lowest BCUT2D eigenvalue weighted by Crippen LogP contribution is -2.21. The Hall–Kier alpha value is -0.730. The minimum absolute atomic E-state index is 0.182. The fourth-order valence-electron chi connectivity index (χ4n) is 2.14. The summed E-state index contributed by atoms with van der Waals surface area (Å²) in [5.41, 5.74) is 8.14. The topological polar surface area (TPSA) is 29.3 Å². The molecule has 1 aromatic rings. The molecule has 1 aliphatic rings. The van der Waals surface area contributed by atoms with Crippen LogP contribution >= 0.6 is 11.6 Å². The Balaban J connectivity index is 2.06. The van der Waals surface area contributed by atoms with E-state index in [0.29, 0.717) is 0 Å². The van der Waals surface area contributed by atoms with E-state index in [1.54, 1.807) is 0 Å². The summed E-state index contributed by atoms with van der Waals surface area (Å²) in [6.07, 6.45) is 3.61. The van der Waals surface area contributed by atoms with Gasteiger partial charge in [-0.15, -0.1) is 0 Å². The number of rotatable bonds is 5. The Morgan fingerprint density at radius 3 is 2.71 bits per heavy atom. The molecular formula is C14H21ClN2. The second kappa shape index (κ2) is 5.28. The zero-order valence-corrected chi connectivity index (χ0v) is 11.4. The molecule has 0 aromatic heterocycles. The van der Waals surface area contributed by atoms with Gasteiger partial charge >= 0.3 is 0 Å². The van der Waals surface area contributed by atoms with Gasteiger partial charge < -0.3 is 10.6 Å². The molecule has 1 atom stereocenters. The Morgan fingerprint density at radius 1 is 1.47 bits per heavy atom. The summed E-state index contributed by atoms with van der Waals surface area (Å²) in [5.74, 6) is 0.875. The fourth-order valence-corrected chi connectivity index (χ4v) is 2.49. The van der Waals surface area contributed by atoms with Gasteiger partial charge in [-0.3, -0.25) is 0 Å². The van der Waals surface area contributed by atoms with Crippen LogP contribution in [0.15, 0.2) is 18.2 Å². The van der Waals surface area contributed by atoms with Crippen LogP contribution in [-0.2, 0) is 6.42 Å². The third kappa shape index (κ3) is 3.62. The molecule has 0 aliphatic heterocycles. The zero-order chi connectivity index (χ0) is 12.4. The molecule has 0 radical (unpaired) electrons. The van der Waals surface area contributed by atoms with Crippen molar-refractivity contribution in [3.63, 3.8) is 0 Å². The molecule has 0 saturated heterocycles. The van der Waals surface area contributed by atoms with Crippen molar-refractivity contribution in [3.05, 3.63) is 28.8 Å². The Morgan fingerprint density at radius 2 is 2.18 bits per heavy atom. The van der Waals surface area contributed by atoms with Gasteiger partial charge in [-0.2, -0.15) is 0 Å². The van der Waals surface area contributed by atoms with Crippen LogP contribution in [0.2, 0.25) is 5.02 Å². The van der Waals surface area contributed by atoms with Crippen molar-refractivity contribution in [2.24, 2.45) is 11.7 Å². The first kappa shape index (κ1) is 12.7. The van der Waals surface area contributed by atoms with Gasteiger partial charge in [0.05, 0.1) is 10.7 Å². The predicted octanol–water partition coefficient (Wildman–Crippen LogP) is 3.08. The second-order valence-electron chi connectivity index (χ2n) is 5.29. The van der Waals surface area contributed by atoms with E-state index in [2.05, 4.69) is 24.1 Å². The minimum atomic E-state index is 0.182. The Labute approximate surface area is 109 Å². The molecule has 94 valence electrons. The normalized spacial score (nSPS) is 16.9. The van der Waals surface area contributed by atoms with E-state index in [0.717, 1.165) is 29.6 Å². The van der Waals surface area contributed by atoms with Crippen molar-refractivity contribution in [1.29, 1.82) is 0 Å². The van der Waals surface area contributed by atoms with E-state index in [9.17, 15) is 0 Å². The smallest absolute Gasteiger partial charge is 0.0642 e. The number of benzene rings is 1. The van der Waals surface area contributed by atoms with Crippen LogP contribution in [0, 0.1) is 5.92 Å². The number of nitrogens with two attached hydrogens (primary N) is 1. The molecular weight excluding hydrogens is 232 g/mol. The first-order chi connectivity index (χ1) is 8.06. The average molecular weight is 253 g/mol. The van der Waals surface area contributed by atoms with Gasteiger partial charge in [0, 0.05) is 19.6 Å². The first-order valence-electron chi connectivity index (χ1n) is 6.31. The van der Waals surface area contributed by atoms with E-state index < -0.39 is 0 Å². The summed E-state index contributed by atoms with van der Waals surface area (Å²) >= 11 is 6.33. The summed E-state index contributed by atoms with van der Waals surface area (Å²) in [7, 11) is 2.12. The van der Waals surface area contributed by atoms with Crippen LogP contribution < -0.4 is 10.6 Å². The SMILES string of the molecule is CC(N)Cc1ccc(N(C)CC2CC2)c(Cl)c1. The van der Waals surface area contributed by atoms with Crippen LogP contribution in [0.4, 0.5) is 5.69 Å². The third-order valence-corrected chi connectivity index (χ3v) is 3.51. The van der Waals surface area contributed by atoms with Gasteiger partial charge in [0.1, 0.15) is 0 Å². The molecule has 0 amide bonds. The van der Waals surface area contributed by atoms with Crippen LogP contribution in [0.5, 0.6) is 0 Å². The molecule has 0 bridgehead atoms. The Bertz CT molecular complexity index is 386. The van der Waals surface area contributed by atoms with E-state index in [1.165, 1.54) is 18.4 Å². The summed E-state index contributed by atoms with van der Waals surface area (Å²) in [5, 5.41) is 0.839. The number of anilines is 1. The van der Waals surface area contributed by atoms with Crippen LogP contribution in [-0.4, -0.2) is 19.6 Å². The molecule has 1 aromatic carbocycles. The van der Waals surface area contributed by atoms with Crippen molar-refractivity contribution in [1.82, 2.24) is 0 Å². The molecule has 0 heterocycles. The van der Waals surface area contributed by atoms with Gasteiger partial charge in [0.2, 0.25) is 0 Å². The van der Waals surface area contributed by atoms with Crippen molar-refractivity contribution < 1.29 is 0 Å². The minimum Gasteiger partial charge on any atom is -0.373 e. The van der Waals surface area contributed by atoms with Crippen molar-refractivity contribution in [2.45, 2.75) is 32.2 Å². The molecule has 2 N–H and O–H groups in total. The number of nitrogens with zero attached hydrogens (tertiary/aromatic N) is 1. The van der Waals surface area contributed by atoms with E-state index >= 15 is 0 Å². The summed E-state index contributed by atoms with van der Waals surface area (Å²) < 4.78 is 0. The molecule has 17 heavy (non-hydrogen) atoms. The van der Waals surface area contributed by atoms with E-state index in [-0.39, 0.29) is 6.04 Å². The lowest BCUT2D eigenvalue weighted by atomic mass is 10.1. The zero-order valence-electron chi connectivity index (χ0n) is 10.6.